The fourth-order valence-corrected chi connectivity index (χ4v) is 2.12. The first-order valence-electron chi connectivity index (χ1n) is 6.40. The van der Waals surface area contributed by atoms with Crippen molar-refractivity contribution in [2.45, 2.75) is 32.5 Å². The summed E-state index contributed by atoms with van der Waals surface area (Å²) in [6.45, 7) is 2.33. The predicted molar refractivity (Wildman–Crippen MR) is 70.5 cm³/mol. The van der Waals surface area contributed by atoms with Gasteiger partial charge in [0, 0.05) is 17.8 Å². The molecule has 0 spiro atoms. The monoisotopic (exact) mass is 283 g/mol. The Kier molecular flexibility index (Phi) is 4.13. The minimum absolute atomic E-state index is 0.328. The molecule has 108 valence electrons. The van der Waals surface area contributed by atoms with Gasteiger partial charge in [0.25, 0.3) is 0 Å². The third kappa shape index (κ3) is 2.85. The standard InChI is InChI=1S/C14H16F3N3/c1-2-4-13-10(8-18)9-19-20(13)12-6-3-5-11(7-12)14(15,16)17/h3,5-7,9H,2,4,8,18H2,1H3. The smallest absolute Gasteiger partial charge is 0.326 e. The van der Waals surface area contributed by atoms with Crippen LogP contribution < -0.4 is 5.73 Å². The predicted octanol–water partition coefficient (Wildman–Crippen LogP) is 3.30. The highest BCUT2D eigenvalue weighted by molar-refractivity contribution is 5.39. The van der Waals surface area contributed by atoms with E-state index in [0.717, 1.165) is 36.2 Å². The zero-order valence-electron chi connectivity index (χ0n) is 11.1. The molecule has 3 nitrogen and oxygen atoms in total. The Morgan fingerprint density at radius 1 is 1.30 bits per heavy atom. The summed E-state index contributed by atoms with van der Waals surface area (Å²) in [5.41, 5.74) is 7.10. The average molecular weight is 283 g/mol. The molecule has 0 bridgehead atoms. The van der Waals surface area contributed by atoms with E-state index in [1.165, 1.54) is 6.07 Å². The Labute approximate surface area is 115 Å². The van der Waals surface area contributed by atoms with Crippen LogP contribution in [0.1, 0.15) is 30.2 Å². The Balaban J connectivity index is 2.49. The van der Waals surface area contributed by atoms with E-state index in [-0.39, 0.29) is 0 Å². The molecule has 0 radical (unpaired) electrons. The van der Waals surface area contributed by atoms with Crippen molar-refractivity contribution in [3.8, 4) is 5.69 Å². The number of hydrogen-bond acceptors (Lipinski definition) is 2. The van der Waals surface area contributed by atoms with Gasteiger partial charge in [-0.15, -0.1) is 0 Å². The van der Waals surface area contributed by atoms with E-state index >= 15 is 0 Å². The molecule has 0 unspecified atom stereocenters. The molecule has 0 saturated heterocycles. The first kappa shape index (κ1) is 14.6. The van der Waals surface area contributed by atoms with E-state index in [4.69, 9.17) is 5.73 Å². The lowest BCUT2D eigenvalue weighted by molar-refractivity contribution is -0.137. The van der Waals surface area contributed by atoms with Gasteiger partial charge in [-0.1, -0.05) is 19.4 Å². The van der Waals surface area contributed by atoms with Crippen LogP contribution in [-0.2, 0) is 19.1 Å². The summed E-state index contributed by atoms with van der Waals surface area (Å²) in [4.78, 5) is 0. The maximum absolute atomic E-state index is 12.8. The number of alkyl halides is 3. The van der Waals surface area contributed by atoms with Gasteiger partial charge in [-0.05, 0) is 24.6 Å². The Morgan fingerprint density at radius 3 is 2.65 bits per heavy atom. The van der Waals surface area contributed by atoms with Crippen LogP contribution in [0.2, 0.25) is 0 Å². The second kappa shape index (κ2) is 5.66. The zero-order chi connectivity index (χ0) is 14.8. The highest BCUT2D eigenvalue weighted by Gasteiger charge is 2.30. The first-order chi connectivity index (χ1) is 9.47. The van der Waals surface area contributed by atoms with Crippen molar-refractivity contribution < 1.29 is 13.2 Å². The summed E-state index contributed by atoms with van der Waals surface area (Å²) in [6, 6.07) is 5.15. The fourth-order valence-electron chi connectivity index (χ4n) is 2.12. The van der Waals surface area contributed by atoms with E-state index in [9.17, 15) is 13.2 Å². The minimum atomic E-state index is -4.36. The molecule has 0 aliphatic carbocycles. The SMILES string of the molecule is CCCc1c(CN)cnn1-c1cccc(C(F)(F)F)c1. The van der Waals surface area contributed by atoms with Crippen LogP contribution in [0.5, 0.6) is 0 Å². The van der Waals surface area contributed by atoms with Gasteiger partial charge in [0.15, 0.2) is 0 Å². The second-order valence-electron chi connectivity index (χ2n) is 4.53. The van der Waals surface area contributed by atoms with Crippen LogP contribution in [0.3, 0.4) is 0 Å². The highest BCUT2D eigenvalue weighted by atomic mass is 19.4. The van der Waals surface area contributed by atoms with Gasteiger partial charge in [0.05, 0.1) is 17.4 Å². The molecule has 0 amide bonds. The molecule has 0 aliphatic heterocycles. The molecule has 0 atom stereocenters. The quantitative estimate of drug-likeness (QED) is 0.935. The number of halogens is 3. The molecule has 1 heterocycles. The molecule has 6 heteroatoms. The summed E-state index contributed by atoms with van der Waals surface area (Å²) < 4.78 is 39.8. The zero-order valence-corrected chi connectivity index (χ0v) is 11.1. The first-order valence-corrected chi connectivity index (χ1v) is 6.40. The van der Waals surface area contributed by atoms with Gasteiger partial charge in [-0.25, -0.2) is 4.68 Å². The van der Waals surface area contributed by atoms with Gasteiger partial charge in [-0.2, -0.15) is 18.3 Å². The third-order valence-electron chi connectivity index (χ3n) is 3.08. The molecule has 2 aromatic rings. The Hall–Kier alpha value is -1.82. The van der Waals surface area contributed by atoms with Crippen molar-refractivity contribution in [1.82, 2.24) is 9.78 Å². The Morgan fingerprint density at radius 2 is 2.05 bits per heavy atom. The van der Waals surface area contributed by atoms with Crippen molar-refractivity contribution in [2.24, 2.45) is 5.73 Å². The maximum Gasteiger partial charge on any atom is 0.416 e. The van der Waals surface area contributed by atoms with Gasteiger partial charge >= 0.3 is 6.18 Å². The lowest BCUT2D eigenvalue weighted by Gasteiger charge is -2.11. The van der Waals surface area contributed by atoms with E-state index in [1.54, 1.807) is 16.9 Å². The lowest BCUT2D eigenvalue weighted by atomic mass is 10.1. The van der Waals surface area contributed by atoms with E-state index in [1.807, 2.05) is 6.92 Å². The van der Waals surface area contributed by atoms with Gasteiger partial charge in [-0.3, -0.25) is 0 Å². The molecular formula is C14H16F3N3. The van der Waals surface area contributed by atoms with E-state index in [2.05, 4.69) is 5.10 Å². The van der Waals surface area contributed by atoms with Crippen molar-refractivity contribution >= 4 is 0 Å². The molecule has 0 fully saturated rings. The summed E-state index contributed by atoms with van der Waals surface area (Å²) in [7, 11) is 0. The van der Waals surface area contributed by atoms with Crippen LogP contribution in [0.15, 0.2) is 30.5 Å². The van der Waals surface area contributed by atoms with Crippen LogP contribution in [-0.4, -0.2) is 9.78 Å². The normalized spacial score (nSPS) is 11.8. The third-order valence-corrected chi connectivity index (χ3v) is 3.08. The van der Waals surface area contributed by atoms with E-state index in [0.29, 0.717) is 12.2 Å². The van der Waals surface area contributed by atoms with Crippen LogP contribution in [0.25, 0.3) is 5.69 Å². The lowest BCUT2D eigenvalue weighted by Crippen LogP contribution is -2.09. The van der Waals surface area contributed by atoms with Crippen LogP contribution in [0, 0.1) is 0 Å². The Bertz CT molecular complexity index is 588. The molecule has 1 aromatic carbocycles. The van der Waals surface area contributed by atoms with Crippen molar-refractivity contribution in [1.29, 1.82) is 0 Å². The second-order valence-corrected chi connectivity index (χ2v) is 4.53. The van der Waals surface area contributed by atoms with Gasteiger partial charge < -0.3 is 5.73 Å². The molecule has 2 N–H and O–H groups in total. The largest absolute Gasteiger partial charge is 0.416 e. The van der Waals surface area contributed by atoms with Crippen molar-refractivity contribution in [3.63, 3.8) is 0 Å². The maximum atomic E-state index is 12.8. The summed E-state index contributed by atoms with van der Waals surface area (Å²) >= 11 is 0. The van der Waals surface area contributed by atoms with Gasteiger partial charge in [0.1, 0.15) is 0 Å². The topological polar surface area (TPSA) is 43.8 Å². The number of nitrogens with zero attached hydrogens (tertiary/aromatic N) is 2. The van der Waals surface area contributed by atoms with Crippen LogP contribution in [0.4, 0.5) is 13.2 Å². The molecule has 0 saturated carbocycles. The number of nitrogens with two attached hydrogens (primary N) is 1. The van der Waals surface area contributed by atoms with E-state index < -0.39 is 11.7 Å². The van der Waals surface area contributed by atoms with Crippen molar-refractivity contribution in [3.05, 3.63) is 47.3 Å². The number of rotatable bonds is 4. The molecular weight excluding hydrogens is 267 g/mol. The molecule has 2 rings (SSSR count). The molecule has 1 aromatic heterocycles. The number of benzene rings is 1. The number of aromatic nitrogens is 2. The van der Waals surface area contributed by atoms with Crippen LogP contribution >= 0.6 is 0 Å². The number of hydrogen-bond donors (Lipinski definition) is 1. The molecule has 0 aliphatic rings. The average Bonchev–Trinajstić information content (AvgIpc) is 2.81. The summed E-state index contributed by atoms with van der Waals surface area (Å²) in [6.07, 6.45) is -1.14. The summed E-state index contributed by atoms with van der Waals surface area (Å²) in [5.74, 6) is 0. The van der Waals surface area contributed by atoms with Crippen molar-refractivity contribution in [2.75, 3.05) is 0 Å². The molecule has 20 heavy (non-hydrogen) atoms. The minimum Gasteiger partial charge on any atom is -0.326 e. The fraction of sp³-hybridized carbons (Fsp3) is 0.357. The highest BCUT2D eigenvalue weighted by Crippen LogP contribution is 2.30. The summed E-state index contributed by atoms with van der Waals surface area (Å²) in [5, 5.41) is 4.17. The van der Waals surface area contributed by atoms with Gasteiger partial charge in [0.2, 0.25) is 0 Å².